The van der Waals surface area contributed by atoms with Crippen molar-refractivity contribution in [2.75, 3.05) is 7.05 Å². The van der Waals surface area contributed by atoms with Gasteiger partial charge in [0.1, 0.15) is 0 Å². The molecule has 0 aromatic rings. The highest BCUT2D eigenvalue weighted by Crippen LogP contribution is 2.01. The van der Waals surface area contributed by atoms with Gasteiger partial charge in [0, 0.05) is 7.05 Å². The lowest BCUT2D eigenvalue weighted by atomic mass is 10.4. The summed E-state index contributed by atoms with van der Waals surface area (Å²) >= 11 is 0. The molecule has 10 heavy (non-hydrogen) atoms. The molecule has 1 rings (SSSR count). The van der Waals surface area contributed by atoms with Gasteiger partial charge in [-0.25, -0.2) is 9.86 Å². The van der Waals surface area contributed by atoms with E-state index >= 15 is 0 Å². The molecule has 1 aliphatic heterocycles. The van der Waals surface area contributed by atoms with E-state index in [9.17, 15) is 9.59 Å². The number of hydrogen-bond acceptors (Lipinski definition) is 3. The van der Waals surface area contributed by atoms with Crippen LogP contribution in [0, 0.1) is 0 Å². The molecular formula is C5H8N2O3. The number of carbonyl (C=O) groups excluding carboxylic acids is 2. The van der Waals surface area contributed by atoms with Gasteiger partial charge < -0.3 is 0 Å². The largest absolute Gasteiger partial charge is 0.347 e. The minimum Gasteiger partial charge on any atom is -0.274 e. The van der Waals surface area contributed by atoms with Gasteiger partial charge in [0.05, 0.1) is 0 Å². The van der Waals surface area contributed by atoms with E-state index in [0.29, 0.717) is 0 Å². The van der Waals surface area contributed by atoms with Crippen LogP contribution in [0.2, 0.25) is 0 Å². The third-order valence-corrected chi connectivity index (χ3v) is 1.20. The van der Waals surface area contributed by atoms with Crippen LogP contribution in [-0.4, -0.2) is 30.2 Å². The lowest BCUT2D eigenvalue weighted by Crippen LogP contribution is -2.52. The third-order valence-electron chi connectivity index (χ3n) is 1.20. The van der Waals surface area contributed by atoms with Crippen LogP contribution in [0.3, 0.4) is 0 Å². The summed E-state index contributed by atoms with van der Waals surface area (Å²) < 4.78 is 0. The molecule has 1 aliphatic rings. The summed E-state index contributed by atoms with van der Waals surface area (Å²) in [5.41, 5.74) is 0. The van der Waals surface area contributed by atoms with Crippen molar-refractivity contribution in [3.8, 4) is 0 Å². The summed E-state index contributed by atoms with van der Waals surface area (Å²) in [5.74, 6) is -0.400. The Morgan fingerprint density at radius 3 is 2.70 bits per heavy atom. The molecule has 0 aliphatic carbocycles. The molecule has 1 N–H and O–H groups in total. The Kier molecular flexibility index (Phi) is 1.58. The fourth-order valence-electron chi connectivity index (χ4n) is 0.619. The second kappa shape index (κ2) is 2.26. The second-order valence-corrected chi connectivity index (χ2v) is 2.04. The van der Waals surface area contributed by atoms with Crippen LogP contribution in [0.1, 0.15) is 6.92 Å². The highest BCUT2D eigenvalue weighted by atomic mass is 16.7. The number of carbonyl (C=O) groups is 2. The number of rotatable bonds is 0. The zero-order chi connectivity index (χ0) is 7.72. The maximum Gasteiger partial charge on any atom is 0.347 e. The average molecular weight is 144 g/mol. The van der Waals surface area contributed by atoms with Gasteiger partial charge >= 0.3 is 6.03 Å². The van der Waals surface area contributed by atoms with Gasteiger partial charge in [0.25, 0.3) is 5.91 Å². The number of nitrogens with one attached hydrogen (secondary N) is 1. The predicted octanol–water partition coefficient (Wildman–Crippen LogP) is -0.512. The molecule has 1 atom stereocenters. The van der Waals surface area contributed by atoms with Crippen molar-refractivity contribution >= 4 is 11.9 Å². The molecule has 0 bridgehead atoms. The van der Waals surface area contributed by atoms with Crippen LogP contribution in [-0.2, 0) is 9.63 Å². The van der Waals surface area contributed by atoms with Crippen molar-refractivity contribution in [3.63, 3.8) is 0 Å². The highest BCUT2D eigenvalue weighted by molar-refractivity contribution is 5.97. The fraction of sp³-hybridized carbons (Fsp3) is 0.600. The monoisotopic (exact) mass is 144 g/mol. The number of hydrogen-bond donors (Lipinski definition) is 1. The molecule has 0 saturated carbocycles. The average Bonchev–Trinajstić information content (AvgIpc) is 1.84. The molecule has 5 heteroatoms. The van der Waals surface area contributed by atoms with Crippen LogP contribution >= 0.6 is 0 Å². The summed E-state index contributed by atoms with van der Waals surface area (Å²) in [6.45, 7) is 1.57. The smallest absolute Gasteiger partial charge is 0.274 e. The van der Waals surface area contributed by atoms with E-state index in [2.05, 4.69) is 5.32 Å². The van der Waals surface area contributed by atoms with Crippen LogP contribution in [0.5, 0.6) is 0 Å². The van der Waals surface area contributed by atoms with Crippen molar-refractivity contribution in [1.82, 2.24) is 10.4 Å². The van der Waals surface area contributed by atoms with Crippen molar-refractivity contribution < 1.29 is 14.4 Å². The van der Waals surface area contributed by atoms with E-state index in [1.807, 2.05) is 0 Å². The Hall–Kier alpha value is -1.10. The van der Waals surface area contributed by atoms with Gasteiger partial charge in [0.15, 0.2) is 6.10 Å². The third kappa shape index (κ3) is 1.08. The molecule has 0 spiro atoms. The first-order valence-electron chi connectivity index (χ1n) is 2.86. The van der Waals surface area contributed by atoms with Gasteiger partial charge in [-0.05, 0) is 6.92 Å². The minimum atomic E-state index is -0.581. The number of hydroxylamine groups is 2. The van der Waals surface area contributed by atoms with E-state index in [4.69, 9.17) is 4.84 Å². The minimum absolute atomic E-state index is 0.400. The van der Waals surface area contributed by atoms with E-state index in [0.717, 1.165) is 5.06 Å². The molecule has 1 fully saturated rings. The van der Waals surface area contributed by atoms with Gasteiger partial charge in [-0.15, -0.1) is 0 Å². The Balaban J connectivity index is 2.63. The predicted molar refractivity (Wildman–Crippen MR) is 31.8 cm³/mol. The maximum atomic E-state index is 10.7. The zero-order valence-electron chi connectivity index (χ0n) is 5.75. The first kappa shape index (κ1) is 7.01. The summed E-state index contributed by atoms with van der Waals surface area (Å²) in [6.07, 6.45) is -0.581. The van der Waals surface area contributed by atoms with Crippen molar-refractivity contribution in [2.24, 2.45) is 0 Å². The Morgan fingerprint density at radius 1 is 1.60 bits per heavy atom. The Bertz CT molecular complexity index is 162. The quantitative estimate of drug-likeness (QED) is 0.498. The molecule has 3 amide bonds. The molecule has 1 heterocycles. The summed E-state index contributed by atoms with van der Waals surface area (Å²) in [6, 6.07) is -0.525. The molecule has 56 valence electrons. The van der Waals surface area contributed by atoms with E-state index in [-0.39, 0.29) is 0 Å². The van der Waals surface area contributed by atoms with Crippen LogP contribution in [0.25, 0.3) is 0 Å². The number of imide groups is 1. The highest BCUT2D eigenvalue weighted by Gasteiger charge is 2.27. The lowest BCUT2D eigenvalue weighted by Gasteiger charge is -2.25. The first-order chi connectivity index (χ1) is 4.61. The second-order valence-electron chi connectivity index (χ2n) is 2.04. The van der Waals surface area contributed by atoms with E-state index in [1.165, 1.54) is 7.05 Å². The normalized spacial score (nSPS) is 26.6. The van der Waals surface area contributed by atoms with Crippen molar-refractivity contribution in [3.05, 3.63) is 0 Å². The van der Waals surface area contributed by atoms with Crippen molar-refractivity contribution in [2.45, 2.75) is 13.0 Å². The van der Waals surface area contributed by atoms with Gasteiger partial charge in [0.2, 0.25) is 0 Å². The summed E-state index contributed by atoms with van der Waals surface area (Å²) in [4.78, 5) is 26.1. The van der Waals surface area contributed by atoms with Gasteiger partial charge in [-0.1, -0.05) is 0 Å². The van der Waals surface area contributed by atoms with Crippen molar-refractivity contribution in [1.29, 1.82) is 0 Å². The van der Waals surface area contributed by atoms with Gasteiger partial charge in [-0.3, -0.25) is 14.9 Å². The maximum absolute atomic E-state index is 10.7. The molecule has 1 saturated heterocycles. The van der Waals surface area contributed by atoms with Crippen LogP contribution in [0.4, 0.5) is 4.79 Å². The Labute approximate surface area is 57.9 Å². The Morgan fingerprint density at radius 2 is 2.20 bits per heavy atom. The number of amides is 3. The van der Waals surface area contributed by atoms with Crippen LogP contribution in [0.15, 0.2) is 0 Å². The summed E-state index contributed by atoms with van der Waals surface area (Å²) in [7, 11) is 1.44. The van der Waals surface area contributed by atoms with E-state index in [1.54, 1.807) is 6.92 Å². The number of nitrogens with zero attached hydrogens (tertiary/aromatic N) is 1. The molecule has 0 aromatic carbocycles. The molecular weight excluding hydrogens is 136 g/mol. The first-order valence-corrected chi connectivity index (χ1v) is 2.86. The topological polar surface area (TPSA) is 58.6 Å². The molecule has 0 radical (unpaired) electrons. The zero-order valence-corrected chi connectivity index (χ0v) is 5.75. The van der Waals surface area contributed by atoms with Gasteiger partial charge in [-0.2, -0.15) is 0 Å². The SMILES string of the molecule is CC1ON(C)C(=O)NC1=O. The van der Waals surface area contributed by atoms with Crippen LogP contribution < -0.4 is 5.32 Å². The summed E-state index contributed by atoms with van der Waals surface area (Å²) in [5, 5.41) is 3.09. The van der Waals surface area contributed by atoms with E-state index < -0.39 is 18.0 Å². The standard InChI is InChI=1S/C5H8N2O3/c1-3-4(8)6-5(9)7(2)10-3/h3H,1-2H3,(H,6,8,9). The molecule has 0 aromatic heterocycles. The fourth-order valence-corrected chi connectivity index (χ4v) is 0.619. The molecule has 5 nitrogen and oxygen atoms in total. The number of urea groups is 1. The molecule has 1 unspecified atom stereocenters. The lowest BCUT2D eigenvalue weighted by molar-refractivity contribution is -0.173.